The van der Waals surface area contributed by atoms with Crippen LogP contribution in [0.2, 0.25) is 0 Å². The summed E-state index contributed by atoms with van der Waals surface area (Å²) in [6.07, 6.45) is 8.49. The Kier molecular flexibility index (Phi) is 6.81. The number of carbonyl (C=O) groups excluding carboxylic acids is 1. The number of rotatable bonds is 7. The van der Waals surface area contributed by atoms with Gasteiger partial charge in [0.2, 0.25) is 0 Å². The second-order valence-corrected chi connectivity index (χ2v) is 10.8. The molecule has 0 unspecified atom stereocenters. The number of anilines is 1. The Labute approximate surface area is 232 Å². The van der Waals surface area contributed by atoms with E-state index in [-0.39, 0.29) is 18.1 Å². The van der Waals surface area contributed by atoms with Gasteiger partial charge in [0, 0.05) is 29.7 Å². The number of aliphatic hydroxyl groups is 1. The molecule has 1 fully saturated rings. The molecular formula is C31H33N7O2. The molecule has 1 aliphatic carbocycles. The summed E-state index contributed by atoms with van der Waals surface area (Å²) in [5.74, 6) is -0.354. The number of imidazole rings is 1. The summed E-state index contributed by atoms with van der Waals surface area (Å²) in [6.45, 7) is 4.24. The standard InChI is InChI=1S/C31H33N7O2/c1-19(2)29-28-27(37-17-26(34-18-37)20-6-4-3-5-7-20)14-15-33-31(28)38(36-29)22-10-13-24(30(32)40)25(16-22)35-21-8-11-23(39)12-9-21/h3-7,10,13-19,21,23,35,39H,8-9,11-12H2,1-2H3,(H2,32,40)/t21-,23-. The Morgan fingerprint density at radius 3 is 2.55 bits per heavy atom. The van der Waals surface area contributed by atoms with Gasteiger partial charge in [-0.2, -0.15) is 5.10 Å². The second-order valence-electron chi connectivity index (χ2n) is 10.8. The first-order valence-electron chi connectivity index (χ1n) is 13.7. The van der Waals surface area contributed by atoms with Gasteiger partial charge < -0.3 is 20.7 Å². The molecule has 0 saturated heterocycles. The van der Waals surface area contributed by atoms with Crippen LogP contribution in [0.4, 0.5) is 5.69 Å². The maximum atomic E-state index is 12.3. The highest BCUT2D eigenvalue weighted by Crippen LogP contribution is 2.33. The lowest BCUT2D eigenvalue weighted by Crippen LogP contribution is -2.29. The zero-order valence-electron chi connectivity index (χ0n) is 22.7. The molecule has 1 amide bonds. The normalized spacial score (nSPS) is 17.4. The summed E-state index contributed by atoms with van der Waals surface area (Å²) < 4.78 is 3.86. The molecule has 0 atom stereocenters. The molecular weight excluding hydrogens is 502 g/mol. The van der Waals surface area contributed by atoms with Gasteiger partial charge in [0.1, 0.15) is 0 Å². The minimum Gasteiger partial charge on any atom is -0.393 e. The third kappa shape index (κ3) is 4.84. The first kappa shape index (κ1) is 25.8. The molecule has 2 aromatic carbocycles. The zero-order valence-corrected chi connectivity index (χ0v) is 22.7. The van der Waals surface area contributed by atoms with E-state index in [1.165, 1.54) is 0 Å². The lowest BCUT2D eigenvalue weighted by molar-refractivity contribution is 0.100. The lowest BCUT2D eigenvalue weighted by Gasteiger charge is -2.27. The number of hydrogen-bond acceptors (Lipinski definition) is 6. The number of nitrogens with zero attached hydrogens (tertiary/aromatic N) is 5. The fourth-order valence-electron chi connectivity index (χ4n) is 5.50. The van der Waals surface area contributed by atoms with Gasteiger partial charge in [-0.3, -0.25) is 4.79 Å². The van der Waals surface area contributed by atoms with E-state index in [1.54, 1.807) is 12.3 Å². The van der Waals surface area contributed by atoms with Crippen LogP contribution >= 0.6 is 0 Å². The number of hydrogen-bond donors (Lipinski definition) is 3. The molecule has 4 N–H and O–H groups in total. The number of nitrogens with one attached hydrogen (secondary N) is 1. The third-order valence-corrected chi connectivity index (χ3v) is 7.62. The highest BCUT2D eigenvalue weighted by atomic mass is 16.3. The third-order valence-electron chi connectivity index (χ3n) is 7.62. The van der Waals surface area contributed by atoms with Gasteiger partial charge in [-0.1, -0.05) is 44.2 Å². The smallest absolute Gasteiger partial charge is 0.250 e. The predicted octanol–water partition coefficient (Wildman–Crippen LogP) is 5.21. The summed E-state index contributed by atoms with van der Waals surface area (Å²) >= 11 is 0. The van der Waals surface area contributed by atoms with Crippen LogP contribution in [-0.4, -0.2) is 47.5 Å². The van der Waals surface area contributed by atoms with E-state index in [0.717, 1.165) is 65.0 Å². The molecule has 40 heavy (non-hydrogen) atoms. The van der Waals surface area contributed by atoms with Gasteiger partial charge in [-0.25, -0.2) is 14.6 Å². The molecule has 5 aromatic rings. The first-order valence-corrected chi connectivity index (χ1v) is 13.7. The summed E-state index contributed by atoms with van der Waals surface area (Å²) in [5.41, 5.74) is 12.1. The van der Waals surface area contributed by atoms with Crippen LogP contribution in [0.25, 0.3) is 33.7 Å². The first-order chi connectivity index (χ1) is 19.4. The fraction of sp³-hybridized carbons (Fsp3) is 0.290. The molecule has 0 spiro atoms. The minimum atomic E-state index is -0.493. The molecule has 9 nitrogen and oxygen atoms in total. The molecule has 204 valence electrons. The largest absolute Gasteiger partial charge is 0.393 e. The molecule has 3 aromatic heterocycles. The van der Waals surface area contributed by atoms with Crippen molar-refractivity contribution in [3.05, 3.63) is 84.6 Å². The Bertz CT molecular complexity index is 1660. The van der Waals surface area contributed by atoms with E-state index in [0.29, 0.717) is 11.3 Å². The Morgan fingerprint density at radius 1 is 1.05 bits per heavy atom. The van der Waals surface area contributed by atoms with Crippen LogP contribution in [0.3, 0.4) is 0 Å². The fourth-order valence-corrected chi connectivity index (χ4v) is 5.50. The zero-order chi connectivity index (χ0) is 27.8. The Morgan fingerprint density at radius 2 is 1.82 bits per heavy atom. The maximum Gasteiger partial charge on any atom is 0.250 e. The second kappa shape index (κ2) is 10.6. The van der Waals surface area contributed by atoms with E-state index in [1.807, 2.05) is 70.3 Å². The molecule has 0 radical (unpaired) electrons. The highest BCUT2D eigenvalue weighted by molar-refractivity contribution is 5.99. The monoisotopic (exact) mass is 535 g/mol. The number of fused-ring (bicyclic) bond motifs is 1. The maximum absolute atomic E-state index is 12.3. The van der Waals surface area contributed by atoms with Gasteiger partial charge in [-0.05, 0) is 55.9 Å². The van der Waals surface area contributed by atoms with Crippen molar-refractivity contribution in [2.24, 2.45) is 5.73 Å². The molecule has 6 rings (SSSR count). The van der Waals surface area contributed by atoms with Crippen LogP contribution in [0.15, 0.2) is 73.3 Å². The van der Waals surface area contributed by atoms with Crippen LogP contribution in [0.1, 0.15) is 61.5 Å². The van der Waals surface area contributed by atoms with E-state index in [9.17, 15) is 9.90 Å². The summed E-state index contributed by atoms with van der Waals surface area (Å²) in [7, 11) is 0. The van der Waals surface area contributed by atoms with Crippen molar-refractivity contribution in [1.29, 1.82) is 0 Å². The molecule has 3 heterocycles. The average Bonchev–Trinajstić information content (AvgIpc) is 3.61. The van der Waals surface area contributed by atoms with E-state index >= 15 is 0 Å². The molecule has 0 bridgehead atoms. The molecule has 1 saturated carbocycles. The SMILES string of the molecule is CC(C)c1nn(-c2ccc(C(N)=O)c(N[C@H]3CC[C@H](O)CC3)c2)c2nccc(-n3cnc(-c4ccccc4)c3)c12. The quantitative estimate of drug-likeness (QED) is 0.263. The van der Waals surface area contributed by atoms with Crippen LogP contribution in [0, 0.1) is 0 Å². The van der Waals surface area contributed by atoms with Crippen molar-refractivity contribution in [2.75, 3.05) is 5.32 Å². The van der Waals surface area contributed by atoms with Gasteiger partial charge in [0.05, 0.1) is 46.1 Å². The number of nitrogens with two attached hydrogens (primary N) is 1. The van der Waals surface area contributed by atoms with E-state index < -0.39 is 5.91 Å². The number of benzene rings is 2. The summed E-state index contributed by atoms with van der Waals surface area (Å²) in [6, 6.07) is 17.7. The predicted molar refractivity (Wildman–Crippen MR) is 156 cm³/mol. The number of aliphatic hydroxyl groups excluding tert-OH is 1. The van der Waals surface area contributed by atoms with E-state index in [2.05, 4.69) is 24.1 Å². The van der Waals surface area contributed by atoms with Crippen molar-refractivity contribution < 1.29 is 9.90 Å². The van der Waals surface area contributed by atoms with Gasteiger partial charge >= 0.3 is 0 Å². The van der Waals surface area contributed by atoms with Crippen LogP contribution in [0.5, 0.6) is 0 Å². The molecule has 9 heteroatoms. The average molecular weight is 536 g/mol. The van der Waals surface area contributed by atoms with Crippen molar-refractivity contribution in [1.82, 2.24) is 24.3 Å². The number of pyridine rings is 1. The Balaban J connectivity index is 1.44. The van der Waals surface area contributed by atoms with Crippen molar-refractivity contribution >= 4 is 22.6 Å². The topological polar surface area (TPSA) is 124 Å². The van der Waals surface area contributed by atoms with Crippen molar-refractivity contribution in [3.63, 3.8) is 0 Å². The van der Waals surface area contributed by atoms with Gasteiger partial charge in [-0.15, -0.1) is 0 Å². The van der Waals surface area contributed by atoms with Crippen molar-refractivity contribution in [2.45, 2.75) is 57.6 Å². The number of primary amides is 1. The molecule has 0 aliphatic heterocycles. The molecule has 1 aliphatic rings. The van der Waals surface area contributed by atoms with Crippen LogP contribution in [-0.2, 0) is 0 Å². The van der Waals surface area contributed by atoms with Gasteiger partial charge in [0.15, 0.2) is 5.65 Å². The minimum absolute atomic E-state index is 0.139. The highest BCUT2D eigenvalue weighted by Gasteiger charge is 2.23. The number of aromatic nitrogens is 5. The van der Waals surface area contributed by atoms with Crippen LogP contribution < -0.4 is 11.1 Å². The summed E-state index contributed by atoms with van der Waals surface area (Å²) in [5, 5.41) is 19.4. The van der Waals surface area contributed by atoms with E-state index in [4.69, 9.17) is 15.8 Å². The number of amides is 1. The van der Waals surface area contributed by atoms with Gasteiger partial charge in [0.25, 0.3) is 5.91 Å². The lowest BCUT2D eigenvalue weighted by atomic mass is 9.92. The van der Waals surface area contributed by atoms with Crippen molar-refractivity contribution in [3.8, 4) is 22.6 Å². The summed E-state index contributed by atoms with van der Waals surface area (Å²) in [4.78, 5) is 21.7. The Hall–Kier alpha value is -4.50. The number of carbonyl (C=O) groups is 1.